The van der Waals surface area contributed by atoms with E-state index >= 15 is 0 Å². The Labute approximate surface area is 240 Å². The lowest BCUT2D eigenvalue weighted by atomic mass is 9.86. The molecule has 0 nitrogen and oxygen atoms in total. The minimum atomic E-state index is 0.542. The first-order chi connectivity index (χ1) is 17.7. The molecule has 37 heavy (non-hydrogen) atoms. The predicted molar refractivity (Wildman–Crippen MR) is 177 cm³/mol. The normalized spacial score (nSPS) is 23.4. The fourth-order valence-corrected chi connectivity index (χ4v) is 5.16. The first-order valence-electron chi connectivity index (χ1n) is 17.7. The fraction of sp³-hybridized carbons (Fsp3) is 1.00. The Balaban J connectivity index is -0.000000403. The summed E-state index contributed by atoms with van der Waals surface area (Å²) in [4.78, 5) is 0. The van der Waals surface area contributed by atoms with Gasteiger partial charge in [-0.05, 0) is 29.6 Å². The van der Waals surface area contributed by atoms with Gasteiger partial charge in [0.2, 0.25) is 0 Å². The van der Waals surface area contributed by atoms with E-state index in [1.807, 2.05) is 27.7 Å². The van der Waals surface area contributed by atoms with Crippen molar-refractivity contribution >= 4 is 0 Å². The van der Waals surface area contributed by atoms with Crippen molar-refractivity contribution in [3.63, 3.8) is 0 Å². The molecule has 0 aliphatic heterocycles. The highest BCUT2D eigenvalue weighted by Gasteiger charge is 2.11. The molecule has 3 rings (SSSR count). The standard InChI is InChI=1S/C10H20.C9H18.C8H16.C6H14.2C2H6/c1-9-6-4-3-5-7-10(2)8-9;1-9-7-5-3-2-4-6-8-9;1-2-4-6-8-7-5-3-1;1-5-6(2,3)4;2*1-2/h9-10H,3-8H2,1-2H3;9H,2-8H2,1H3;1-8H2;5H2,1-4H3;2*1-2H3. The number of rotatable bonds is 0. The summed E-state index contributed by atoms with van der Waals surface area (Å²) in [5.41, 5.74) is 0.542. The van der Waals surface area contributed by atoms with Crippen LogP contribution in [0.1, 0.15) is 217 Å². The van der Waals surface area contributed by atoms with Crippen LogP contribution in [0.15, 0.2) is 0 Å². The molecule has 0 aromatic heterocycles. The molecule has 0 amide bonds. The van der Waals surface area contributed by atoms with E-state index in [1.165, 1.54) is 141 Å². The van der Waals surface area contributed by atoms with Gasteiger partial charge in [-0.25, -0.2) is 0 Å². The minimum Gasteiger partial charge on any atom is -0.0683 e. The van der Waals surface area contributed by atoms with Crippen molar-refractivity contribution in [1.29, 1.82) is 0 Å². The molecule has 0 heteroatoms. The van der Waals surface area contributed by atoms with Gasteiger partial charge < -0.3 is 0 Å². The summed E-state index contributed by atoms with van der Waals surface area (Å²) in [6, 6.07) is 0. The van der Waals surface area contributed by atoms with Crippen molar-refractivity contribution in [2.75, 3.05) is 0 Å². The lowest BCUT2D eigenvalue weighted by Gasteiger charge is -2.20. The molecule has 3 saturated carbocycles. The summed E-state index contributed by atoms with van der Waals surface area (Å²) in [5.74, 6) is 3.01. The molecule has 3 aliphatic rings. The summed E-state index contributed by atoms with van der Waals surface area (Å²) in [6.45, 7) is 24.1. The van der Waals surface area contributed by atoms with E-state index in [2.05, 4.69) is 48.5 Å². The maximum absolute atomic E-state index is 2.40. The van der Waals surface area contributed by atoms with Crippen LogP contribution in [0.25, 0.3) is 0 Å². The second-order valence-electron chi connectivity index (χ2n) is 13.3. The zero-order valence-electron chi connectivity index (χ0n) is 28.8. The van der Waals surface area contributed by atoms with Crippen molar-refractivity contribution in [1.82, 2.24) is 0 Å². The Morgan fingerprint density at radius 2 is 0.595 bits per heavy atom. The van der Waals surface area contributed by atoms with E-state index in [1.54, 1.807) is 0 Å². The predicted octanol–water partition coefficient (Wildman–Crippen LogP) is 14.6. The number of hydrogen-bond acceptors (Lipinski definition) is 0. The van der Waals surface area contributed by atoms with Gasteiger partial charge in [0.25, 0.3) is 0 Å². The van der Waals surface area contributed by atoms with Crippen LogP contribution >= 0.6 is 0 Å². The SMILES string of the molecule is C1CCCCCCC1.CC.CC.CC1CCCCCC(C)C1.CC1CCCCCCC1.CCC(C)(C)C. The Bertz CT molecular complexity index is 334. The van der Waals surface area contributed by atoms with E-state index in [4.69, 9.17) is 0 Å². The highest BCUT2D eigenvalue weighted by molar-refractivity contribution is 4.64. The van der Waals surface area contributed by atoms with Crippen molar-refractivity contribution in [3.05, 3.63) is 0 Å². The first-order valence-corrected chi connectivity index (χ1v) is 17.7. The summed E-state index contributed by atoms with van der Waals surface area (Å²) in [7, 11) is 0. The van der Waals surface area contributed by atoms with Gasteiger partial charge in [0, 0.05) is 0 Å². The summed E-state index contributed by atoms with van der Waals surface area (Å²) < 4.78 is 0. The van der Waals surface area contributed by atoms with Crippen LogP contribution in [-0.2, 0) is 0 Å². The first kappa shape index (κ1) is 41.5. The molecule has 228 valence electrons. The van der Waals surface area contributed by atoms with Crippen molar-refractivity contribution in [3.8, 4) is 0 Å². The molecule has 0 N–H and O–H groups in total. The molecule has 2 atom stereocenters. The molecular weight excluding hydrogens is 444 g/mol. The fourth-order valence-electron chi connectivity index (χ4n) is 5.16. The summed E-state index contributed by atoms with van der Waals surface area (Å²) >= 11 is 0. The van der Waals surface area contributed by atoms with E-state index in [0.717, 1.165) is 17.8 Å². The van der Waals surface area contributed by atoms with Crippen LogP contribution in [0.4, 0.5) is 0 Å². The Morgan fingerprint density at radius 3 is 0.838 bits per heavy atom. The average Bonchev–Trinajstić information content (AvgIpc) is 2.83. The van der Waals surface area contributed by atoms with Gasteiger partial charge in [-0.1, -0.05) is 211 Å². The zero-order chi connectivity index (χ0) is 28.8. The lowest BCUT2D eigenvalue weighted by molar-refractivity contribution is 0.329. The average molecular weight is 525 g/mol. The van der Waals surface area contributed by atoms with Crippen molar-refractivity contribution in [2.24, 2.45) is 23.2 Å². The molecule has 0 spiro atoms. The smallest absolute Gasteiger partial charge is 0.0385 e. The molecule has 0 heterocycles. The zero-order valence-corrected chi connectivity index (χ0v) is 28.8. The van der Waals surface area contributed by atoms with E-state index in [-0.39, 0.29) is 0 Å². The molecule has 0 radical (unpaired) electrons. The highest BCUT2D eigenvalue weighted by atomic mass is 14.2. The third-order valence-electron chi connectivity index (χ3n) is 8.15. The van der Waals surface area contributed by atoms with E-state index < -0.39 is 0 Å². The summed E-state index contributed by atoms with van der Waals surface area (Å²) in [5, 5.41) is 0. The summed E-state index contributed by atoms with van der Waals surface area (Å²) in [6.07, 6.45) is 32.6. The van der Waals surface area contributed by atoms with Gasteiger partial charge in [0.15, 0.2) is 0 Å². The van der Waals surface area contributed by atoms with Crippen LogP contribution in [0.5, 0.6) is 0 Å². The topological polar surface area (TPSA) is 0 Å². The van der Waals surface area contributed by atoms with Gasteiger partial charge in [-0.15, -0.1) is 0 Å². The molecular formula is C37H80. The van der Waals surface area contributed by atoms with Crippen LogP contribution in [0, 0.1) is 23.2 Å². The number of hydrogen-bond donors (Lipinski definition) is 0. The second-order valence-corrected chi connectivity index (χ2v) is 13.3. The largest absolute Gasteiger partial charge is 0.0683 e. The Kier molecular flexibility index (Phi) is 36.1. The van der Waals surface area contributed by atoms with Crippen molar-refractivity contribution < 1.29 is 0 Å². The second kappa shape index (κ2) is 32.2. The van der Waals surface area contributed by atoms with Crippen LogP contribution < -0.4 is 0 Å². The molecule has 0 aromatic carbocycles. The van der Waals surface area contributed by atoms with E-state index in [9.17, 15) is 0 Å². The molecule has 3 aliphatic carbocycles. The van der Waals surface area contributed by atoms with Gasteiger partial charge in [0.1, 0.15) is 0 Å². The molecule has 0 aromatic rings. The minimum absolute atomic E-state index is 0.542. The van der Waals surface area contributed by atoms with Crippen LogP contribution in [-0.4, -0.2) is 0 Å². The third kappa shape index (κ3) is 38.2. The maximum atomic E-state index is 2.40. The quantitative estimate of drug-likeness (QED) is 0.295. The Hall–Kier alpha value is 0. The van der Waals surface area contributed by atoms with Crippen LogP contribution in [0.3, 0.4) is 0 Å². The molecule has 0 saturated heterocycles. The van der Waals surface area contributed by atoms with E-state index in [0.29, 0.717) is 5.41 Å². The molecule has 2 unspecified atom stereocenters. The van der Waals surface area contributed by atoms with Gasteiger partial charge in [-0.2, -0.15) is 0 Å². The molecule has 3 fully saturated rings. The monoisotopic (exact) mass is 525 g/mol. The van der Waals surface area contributed by atoms with Gasteiger partial charge in [-0.3, -0.25) is 0 Å². The maximum Gasteiger partial charge on any atom is -0.0385 e. The third-order valence-corrected chi connectivity index (χ3v) is 8.15. The molecule has 0 bridgehead atoms. The lowest BCUT2D eigenvalue weighted by Crippen LogP contribution is -2.06. The van der Waals surface area contributed by atoms with Crippen LogP contribution in [0.2, 0.25) is 0 Å². The van der Waals surface area contributed by atoms with Gasteiger partial charge in [0.05, 0.1) is 0 Å². The highest BCUT2D eigenvalue weighted by Crippen LogP contribution is 2.25. The van der Waals surface area contributed by atoms with Gasteiger partial charge >= 0.3 is 0 Å². The van der Waals surface area contributed by atoms with Crippen molar-refractivity contribution in [2.45, 2.75) is 217 Å². The Morgan fingerprint density at radius 1 is 0.405 bits per heavy atom.